The largest absolute Gasteiger partial charge is 0.455 e. The summed E-state index contributed by atoms with van der Waals surface area (Å²) in [4.78, 5) is 11.6. The van der Waals surface area contributed by atoms with Crippen LogP contribution in [0.3, 0.4) is 0 Å². The molecule has 0 radical (unpaired) electrons. The molecule has 1 N–H and O–H groups in total. The van der Waals surface area contributed by atoms with E-state index in [4.69, 9.17) is 5.41 Å². The third-order valence-corrected chi connectivity index (χ3v) is 1.01. The van der Waals surface area contributed by atoms with Crippen LogP contribution in [0.2, 0.25) is 0 Å². The van der Waals surface area contributed by atoms with Gasteiger partial charge < -0.3 is 4.74 Å². The van der Waals surface area contributed by atoms with E-state index in [2.05, 4.69) is 4.74 Å². The Labute approximate surface area is 46.5 Å². The molecule has 0 aromatic heterocycles. The first-order chi connectivity index (χ1) is 3.72. The van der Waals surface area contributed by atoms with Gasteiger partial charge in [-0.15, -0.1) is 0 Å². The number of hydrogen-bond donors (Lipinski definition) is 1. The van der Waals surface area contributed by atoms with Gasteiger partial charge in [-0.25, -0.2) is 0 Å². The zero-order chi connectivity index (χ0) is 6.15. The Balaban J connectivity index is 2.70. The van der Waals surface area contributed by atoms with Gasteiger partial charge in [0.1, 0.15) is 0 Å². The van der Waals surface area contributed by atoms with Crippen LogP contribution in [-0.2, 0) is 9.53 Å². The van der Waals surface area contributed by atoms with E-state index >= 15 is 0 Å². The summed E-state index contributed by atoms with van der Waals surface area (Å²) >= 11 is 0. The van der Waals surface area contributed by atoms with Gasteiger partial charge in [-0.2, -0.15) is 0 Å². The second-order valence-corrected chi connectivity index (χ2v) is 1.55. The van der Waals surface area contributed by atoms with Crippen LogP contribution in [0, 0.1) is 5.41 Å². The Hall–Kier alpha value is -1.06. The van der Waals surface area contributed by atoms with Gasteiger partial charge in [0.05, 0.1) is 0 Å². The molecular formula is C4H6N2O2. The third-order valence-electron chi connectivity index (χ3n) is 1.01. The van der Waals surface area contributed by atoms with E-state index < -0.39 is 0 Å². The predicted octanol–water partition coefficient (Wildman–Crippen LogP) is -0.590. The van der Waals surface area contributed by atoms with Crippen molar-refractivity contribution in [3.8, 4) is 0 Å². The maximum Gasteiger partial charge on any atom is 0.291 e. The fourth-order valence-corrected chi connectivity index (χ4v) is 0.437. The minimum absolute atomic E-state index is 0.0231. The van der Waals surface area contributed by atoms with Gasteiger partial charge in [-0.05, 0) is 0 Å². The first-order valence-electron chi connectivity index (χ1n) is 2.19. The summed E-state index contributed by atoms with van der Waals surface area (Å²) in [7, 11) is 1.51. The third kappa shape index (κ3) is 0.538. The molecule has 1 amide bonds. The number of amides is 1. The van der Waals surface area contributed by atoms with Crippen molar-refractivity contribution in [3.05, 3.63) is 0 Å². The molecule has 8 heavy (non-hydrogen) atoms. The van der Waals surface area contributed by atoms with Crippen molar-refractivity contribution in [1.82, 2.24) is 4.90 Å². The highest BCUT2D eigenvalue weighted by molar-refractivity contribution is 5.98. The number of nitrogens with zero attached hydrogens (tertiary/aromatic N) is 1. The number of carbonyl (C=O) groups is 1. The molecule has 1 heterocycles. The highest BCUT2D eigenvalue weighted by atomic mass is 16.5. The van der Waals surface area contributed by atoms with Crippen molar-refractivity contribution in [1.29, 1.82) is 5.41 Å². The number of amidine groups is 1. The molecule has 0 aromatic rings. The van der Waals surface area contributed by atoms with Crippen molar-refractivity contribution < 1.29 is 9.53 Å². The summed E-state index contributed by atoms with van der Waals surface area (Å²) < 4.78 is 4.54. The van der Waals surface area contributed by atoms with Crippen LogP contribution in [0.4, 0.5) is 0 Å². The molecule has 1 aliphatic rings. The van der Waals surface area contributed by atoms with Crippen LogP contribution >= 0.6 is 0 Å². The topological polar surface area (TPSA) is 53.4 Å². The molecule has 0 unspecified atom stereocenters. The first-order valence-corrected chi connectivity index (χ1v) is 2.19. The normalized spacial score (nSPS) is 19.4. The zero-order valence-electron chi connectivity index (χ0n) is 4.47. The smallest absolute Gasteiger partial charge is 0.291 e. The second kappa shape index (κ2) is 1.47. The predicted molar refractivity (Wildman–Crippen MR) is 26.4 cm³/mol. The Bertz CT molecular complexity index is 127. The lowest BCUT2D eigenvalue weighted by Crippen LogP contribution is -2.23. The summed E-state index contributed by atoms with van der Waals surface area (Å²) in [5, 5.41) is 6.87. The van der Waals surface area contributed by atoms with Gasteiger partial charge in [0.2, 0.25) is 0 Å². The number of ether oxygens (including phenoxy) is 1. The molecule has 1 rings (SSSR count). The monoisotopic (exact) mass is 114 g/mol. The van der Waals surface area contributed by atoms with E-state index in [9.17, 15) is 4.79 Å². The lowest BCUT2D eigenvalue weighted by atomic mass is 10.6. The lowest BCUT2D eigenvalue weighted by Gasteiger charge is -2.00. The Morgan fingerprint density at radius 2 is 2.50 bits per heavy atom. The highest BCUT2D eigenvalue weighted by Gasteiger charge is 2.22. The van der Waals surface area contributed by atoms with Crippen LogP contribution < -0.4 is 0 Å². The number of rotatable bonds is 0. The first kappa shape index (κ1) is 5.08. The molecule has 0 saturated carbocycles. The van der Waals surface area contributed by atoms with E-state index in [1.165, 1.54) is 11.9 Å². The molecule has 0 spiro atoms. The molecule has 0 atom stereocenters. The van der Waals surface area contributed by atoms with E-state index in [0.717, 1.165) is 0 Å². The summed E-state index contributed by atoms with van der Waals surface area (Å²) in [6.45, 7) is 0.0231. The number of hydrogen-bond acceptors (Lipinski definition) is 3. The average molecular weight is 114 g/mol. The van der Waals surface area contributed by atoms with Crippen molar-refractivity contribution in [3.63, 3.8) is 0 Å². The van der Waals surface area contributed by atoms with Crippen LogP contribution in [0.5, 0.6) is 0 Å². The maximum atomic E-state index is 10.4. The zero-order valence-corrected chi connectivity index (χ0v) is 4.47. The van der Waals surface area contributed by atoms with Gasteiger partial charge in [-0.1, -0.05) is 0 Å². The fourth-order valence-electron chi connectivity index (χ4n) is 0.437. The maximum absolute atomic E-state index is 10.4. The molecule has 1 aliphatic heterocycles. The quantitative estimate of drug-likeness (QED) is 0.457. The molecule has 0 bridgehead atoms. The van der Waals surface area contributed by atoms with Gasteiger partial charge in [-0.3, -0.25) is 15.1 Å². The fraction of sp³-hybridized carbons (Fsp3) is 0.500. The summed E-state index contributed by atoms with van der Waals surface area (Å²) in [5.74, 6) is -0.157. The van der Waals surface area contributed by atoms with Crippen LogP contribution in [0.1, 0.15) is 0 Å². The van der Waals surface area contributed by atoms with Crippen molar-refractivity contribution in [2.75, 3.05) is 13.7 Å². The van der Waals surface area contributed by atoms with Gasteiger partial charge >= 0.3 is 0 Å². The Kier molecular flexibility index (Phi) is 0.932. The average Bonchev–Trinajstić information content (AvgIpc) is 1.98. The summed E-state index contributed by atoms with van der Waals surface area (Å²) in [6, 6.07) is -0.0602. The lowest BCUT2D eigenvalue weighted by molar-refractivity contribution is -0.124. The van der Waals surface area contributed by atoms with Crippen LogP contribution in [-0.4, -0.2) is 30.5 Å². The second-order valence-electron chi connectivity index (χ2n) is 1.55. The number of carbonyl (C=O) groups excluding carboxylic acids is 1. The minimum Gasteiger partial charge on any atom is -0.455 e. The highest BCUT2D eigenvalue weighted by Crippen LogP contribution is 1.97. The van der Waals surface area contributed by atoms with Crippen molar-refractivity contribution in [2.24, 2.45) is 0 Å². The van der Waals surface area contributed by atoms with Crippen molar-refractivity contribution in [2.45, 2.75) is 0 Å². The van der Waals surface area contributed by atoms with Crippen molar-refractivity contribution >= 4 is 11.9 Å². The van der Waals surface area contributed by atoms with Gasteiger partial charge in [0, 0.05) is 7.05 Å². The van der Waals surface area contributed by atoms with Crippen LogP contribution in [0.25, 0.3) is 0 Å². The minimum atomic E-state index is -0.157. The molecule has 1 fully saturated rings. The summed E-state index contributed by atoms with van der Waals surface area (Å²) in [5.41, 5.74) is 0. The number of nitrogens with one attached hydrogen (secondary N) is 1. The van der Waals surface area contributed by atoms with E-state index in [-0.39, 0.29) is 18.5 Å². The Morgan fingerprint density at radius 1 is 1.88 bits per heavy atom. The SMILES string of the molecule is CN1C(=N)OCC1=O. The molecule has 4 heteroatoms. The molecule has 44 valence electrons. The standard InChI is InChI=1S/C4H6N2O2/c1-6-3(7)2-8-4(6)5/h5H,2H2,1H3. The molecular weight excluding hydrogens is 108 g/mol. The van der Waals surface area contributed by atoms with E-state index in [0.29, 0.717) is 0 Å². The van der Waals surface area contributed by atoms with Gasteiger partial charge in [0.25, 0.3) is 11.9 Å². The summed E-state index contributed by atoms with van der Waals surface area (Å²) in [6.07, 6.45) is 0. The Morgan fingerprint density at radius 3 is 2.62 bits per heavy atom. The molecule has 4 nitrogen and oxygen atoms in total. The molecule has 0 aromatic carbocycles. The van der Waals surface area contributed by atoms with Gasteiger partial charge in [0.15, 0.2) is 6.61 Å². The van der Waals surface area contributed by atoms with E-state index in [1.807, 2.05) is 0 Å². The number of likely N-dealkylation sites (N-methyl/N-ethyl adjacent to an activating group) is 1. The van der Waals surface area contributed by atoms with Crippen LogP contribution in [0.15, 0.2) is 0 Å². The molecule has 1 saturated heterocycles. The van der Waals surface area contributed by atoms with E-state index in [1.54, 1.807) is 0 Å². The molecule has 0 aliphatic carbocycles.